The molecule has 0 radical (unpaired) electrons. The van der Waals surface area contributed by atoms with Crippen LogP contribution in [0.3, 0.4) is 0 Å². The van der Waals surface area contributed by atoms with E-state index in [1.165, 1.54) is 0 Å². The van der Waals surface area contributed by atoms with Crippen molar-refractivity contribution in [3.8, 4) is 0 Å². The standard InChI is InChI=1S/C11H24N2O2S/c1-3-4-7-13(2)11(10-12)5-8-16(14,15)9-6-11/h3-10,12H2,1-2H3. The Morgan fingerprint density at radius 2 is 1.88 bits per heavy atom. The molecule has 96 valence electrons. The minimum absolute atomic E-state index is 0.0828. The second kappa shape index (κ2) is 5.47. The van der Waals surface area contributed by atoms with Crippen LogP contribution in [0, 0.1) is 0 Å². The number of nitrogens with zero attached hydrogens (tertiary/aromatic N) is 1. The average molecular weight is 248 g/mol. The van der Waals surface area contributed by atoms with Crippen molar-refractivity contribution in [2.75, 3.05) is 31.6 Å². The van der Waals surface area contributed by atoms with Crippen LogP contribution in [-0.4, -0.2) is 50.5 Å². The Hall–Kier alpha value is -0.130. The number of rotatable bonds is 5. The van der Waals surface area contributed by atoms with E-state index in [2.05, 4.69) is 18.9 Å². The third-order valence-electron chi connectivity index (χ3n) is 3.79. The van der Waals surface area contributed by atoms with Crippen molar-refractivity contribution in [3.05, 3.63) is 0 Å². The summed E-state index contributed by atoms with van der Waals surface area (Å²) < 4.78 is 22.9. The van der Waals surface area contributed by atoms with E-state index < -0.39 is 9.84 Å². The molecule has 0 saturated carbocycles. The van der Waals surface area contributed by atoms with Gasteiger partial charge in [-0.2, -0.15) is 0 Å². The fourth-order valence-corrected chi connectivity index (χ4v) is 3.88. The first-order chi connectivity index (χ1) is 7.46. The molecule has 1 heterocycles. The highest BCUT2D eigenvalue weighted by Gasteiger charge is 2.38. The van der Waals surface area contributed by atoms with Crippen LogP contribution in [-0.2, 0) is 9.84 Å². The molecule has 1 saturated heterocycles. The van der Waals surface area contributed by atoms with Gasteiger partial charge in [-0.15, -0.1) is 0 Å². The number of likely N-dealkylation sites (N-methyl/N-ethyl adjacent to an activating group) is 1. The summed E-state index contributed by atoms with van der Waals surface area (Å²) >= 11 is 0. The summed E-state index contributed by atoms with van der Waals surface area (Å²) in [5.41, 5.74) is 5.78. The number of hydrogen-bond acceptors (Lipinski definition) is 4. The van der Waals surface area contributed by atoms with E-state index in [1.807, 2.05) is 0 Å². The topological polar surface area (TPSA) is 63.4 Å². The van der Waals surface area contributed by atoms with Crippen LogP contribution in [0.5, 0.6) is 0 Å². The normalized spacial score (nSPS) is 23.5. The second-order valence-corrected chi connectivity index (χ2v) is 7.16. The molecule has 0 aliphatic carbocycles. The summed E-state index contributed by atoms with van der Waals surface area (Å²) in [6, 6.07) is 0. The molecule has 4 nitrogen and oxygen atoms in total. The van der Waals surface area contributed by atoms with Crippen LogP contribution in [0.1, 0.15) is 32.6 Å². The van der Waals surface area contributed by atoms with Crippen molar-refractivity contribution in [2.24, 2.45) is 5.73 Å². The van der Waals surface area contributed by atoms with Gasteiger partial charge in [-0.1, -0.05) is 13.3 Å². The van der Waals surface area contributed by atoms with Crippen molar-refractivity contribution >= 4 is 9.84 Å². The zero-order valence-electron chi connectivity index (χ0n) is 10.4. The fraction of sp³-hybridized carbons (Fsp3) is 1.00. The molecule has 0 atom stereocenters. The summed E-state index contributed by atoms with van der Waals surface area (Å²) in [7, 11) is -0.730. The second-order valence-electron chi connectivity index (χ2n) is 4.86. The molecule has 0 unspecified atom stereocenters. The first-order valence-electron chi connectivity index (χ1n) is 6.07. The molecule has 0 amide bonds. The lowest BCUT2D eigenvalue weighted by Crippen LogP contribution is -2.56. The van der Waals surface area contributed by atoms with E-state index in [4.69, 9.17) is 5.73 Å². The molecule has 5 heteroatoms. The number of nitrogens with two attached hydrogens (primary N) is 1. The Kier molecular flexibility index (Phi) is 4.76. The maximum absolute atomic E-state index is 11.4. The van der Waals surface area contributed by atoms with E-state index in [0.717, 1.165) is 19.4 Å². The Labute approximate surface area is 99.1 Å². The van der Waals surface area contributed by atoms with Gasteiger partial charge in [0, 0.05) is 12.1 Å². The number of hydrogen-bond donors (Lipinski definition) is 1. The highest BCUT2D eigenvalue weighted by molar-refractivity contribution is 7.91. The van der Waals surface area contributed by atoms with Crippen LogP contribution in [0.4, 0.5) is 0 Å². The Morgan fingerprint density at radius 1 is 1.31 bits per heavy atom. The fourth-order valence-electron chi connectivity index (χ4n) is 2.29. The maximum atomic E-state index is 11.4. The van der Waals surface area contributed by atoms with Crippen molar-refractivity contribution in [1.82, 2.24) is 4.90 Å². The number of unbranched alkanes of at least 4 members (excludes halogenated alkanes) is 1. The van der Waals surface area contributed by atoms with Gasteiger partial charge in [0.25, 0.3) is 0 Å². The number of sulfone groups is 1. The lowest BCUT2D eigenvalue weighted by atomic mass is 9.90. The molecule has 0 aromatic heterocycles. The molecule has 0 aromatic carbocycles. The molecule has 0 aromatic rings. The molecular weight excluding hydrogens is 224 g/mol. The van der Waals surface area contributed by atoms with E-state index in [-0.39, 0.29) is 5.54 Å². The zero-order chi connectivity index (χ0) is 12.2. The van der Waals surface area contributed by atoms with Gasteiger partial charge in [0.05, 0.1) is 11.5 Å². The molecule has 1 rings (SSSR count). The molecule has 0 bridgehead atoms. The van der Waals surface area contributed by atoms with Gasteiger partial charge in [-0.25, -0.2) is 8.42 Å². The third kappa shape index (κ3) is 3.18. The highest BCUT2D eigenvalue weighted by Crippen LogP contribution is 2.28. The average Bonchev–Trinajstić information content (AvgIpc) is 2.27. The third-order valence-corrected chi connectivity index (χ3v) is 5.45. The van der Waals surface area contributed by atoms with Gasteiger partial charge in [0.15, 0.2) is 0 Å². The lowest BCUT2D eigenvalue weighted by molar-refractivity contribution is 0.111. The minimum Gasteiger partial charge on any atom is -0.329 e. The molecule has 16 heavy (non-hydrogen) atoms. The van der Waals surface area contributed by atoms with E-state index in [9.17, 15) is 8.42 Å². The van der Waals surface area contributed by atoms with Crippen molar-refractivity contribution < 1.29 is 8.42 Å². The van der Waals surface area contributed by atoms with Gasteiger partial charge in [0.1, 0.15) is 9.84 Å². The van der Waals surface area contributed by atoms with Crippen molar-refractivity contribution in [2.45, 2.75) is 38.1 Å². The SMILES string of the molecule is CCCCN(C)C1(CN)CCS(=O)(=O)CC1. The summed E-state index contributed by atoms with van der Waals surface area (Å²) in [5.74, 6) is 0.585. The van der Waals surface area contributed by atoms with Crippen molar-refractivity contribution in [3.63, 3.8) is 0 Å². The van der Waals surface area contributed by atoms with Crippen LogP contribution in [0.15, 0.2) is 0 Å². The molecule has 2 N–H and O–H groups in total. The highest BCUT2D eigenvalue weighted by atomic mass is 32.2. The summed E-state index contributed by atoms with van der Waals surface area (Å²) in [5, 5.41) is 0. The van der Waals surface area contributed by atoms with Gasteiger partial charge in [0.2, 0.25) is 0 Å². The first kappa shape index (κ1) is 13.9. The van der Waals surface area contributed by atoms with E-state index in [1.54, 1.807) is 0 Å². The Bertz CT molecular complexity index is 300. The van der Waals surface area contributed by atoms with Crippen LogP contribution in [0.2, 0.25) is 0 Å². The molecule has 0 spiro atoms. The Morgan fingerprint density at radius 3 is 2.31 bits per heavy atom. The van der Waals surface area contributed by atoms with Crippen LogP contribution in [0.25, 0.3) is 0 Å². The monoisotopic (exact) mass is 248 g/mol. The smallest absolute Gasteiger partial charge is 0.150 e. The maximum Gasteiger partial charge on any atom is 0.150 e. The predicted molar refractivity (Wildman–Crippen MR) is 67.2 cm³/mol. The molecule has 1 aliphatic heterocycles. The molecular formula is C11H24N2O2S. The van der Waals surface area contributed by atoms with E-state index in [0.29, 0.717) is 30.9 Å². The summed E-state index contributed by atoms with van der Waals surface area (Å²) in [4.78, 5) is 2.27. The van der Waals surface area contributed by atoms with Gasteiger partial charge < -0.3 is 5.73 Å². The Balaban J connectivity index is 2.65. The minimum atomic E-state index is -2.80. The van der Waals surface area contributed by atoms with Crippen LogP contribution < -0.4 is 5.73 Å². The van der Waals surface area contributed by atoms with Gasteiger partial charge in [-0.3, -0.25) is 4.90 Å². The van der Waals surface area contributed by atoms with Gasteiger partial charge in [-0.05, 0) is 32.9 Å². The predicted octanol–water partition coefficient (Wildman–Crippen LogP) is 0.624. The van der Waals surface area contributed by atoms with Gasteiger partial charge >= 0.3 is 0 Å². The van der Waals surface area contributed by atoms with Crippen molar-refractivity contribution in [1.29, 1.82) is 0 Å². The van der Waals surface area contributed by atoms with Crippen LogP contribution >= 0.6 is 0 Å². The quantitative estimate of drug-likeness (QED) is 0.775. The molecule has 1 aliphatic rings. The zero-order valence-corrected chi connectivity index (χ0v) is 11.2. The summed E-state index contributed by atoms with van der Waals surface area (Å²) in [6.07, 6.45) is 3.67. The first-order valence-corrected chi connectivity index (χ1v) is 7.90. The molecule has 1 fully saturated rings. The lowest BCUT2D eigenvalue weighted by Gasteiger charge is -2.43. The van der Waals surface area contributed by atoms with E-state index >= 15 is 0 Å². The summed E-state index contributed by atoms with van der Waals surface area (Å²) in [6.45, 7) is 3.73. The largest absolute Gasteiger partial charge is 0.329 e.